The zero-order valence-electron chi connectivity index (χ0n) is 14.7. The predicted molar refractivity (Wildman–Crippen MR) is 103 cm³/mol. The minimum Gasteiger partial charge on any atom is -0.355 e. The lowest BCUT2D eigenvalue weighted by atomic mass is 9.93. The third kappa shape index (κ3) is 3.80. The number of nitrogens with one attached hydrogen (secondary N) is 1. The second-order valence-corrected chi connectivity index (χ2v) is 7.31. The zero-order chi connectivity index (χ0) is 17.8. The molecule has 3 aromatic rings. The average Bonchev–Trinajstić information content (AvgIpc) is 3.16. The SMILES string of the molecule is CCc1nnc(Nc2cccc(C3CCN(c4cnccn4)CC3)n2)s1. The van der Waals surface area contributed by atoms with Gasteiger partial charge in [-0.1, -0.05) is 24.3 Å². The first-order valence-corrected chi connectivity index (χ1v) is 9.71. The quantitative estimate of drug-likeness (QED) is 0.740. The summed E-state index contributed by atoms with van der Waals surface area (Å²) in [6.07, 6.45) is 8.31. The molecule has 1 aliphatic heterocycles. The maximum atomic E-state index is 4.81. The molecule has 1 saturated heterocycles. The van der Waals surface area contributed by atoms with Gasteiger partial charge in [-0.3, -0.25) is 4.98 Å². The fourth-order valence-corrected chi connectivity index (χ4v) is 3.85. The fourth-order valence-electron chi connectivity index (χ4n) is 3.16. The Morgan fingerprint density at radius 2 is 2.08 bits per heavy atom. The van der Waals surface area contributed by atoms with Gasteiger partial charge in [-0.25, -0.2) is 9.97 Å². The molecule has 4 heterocycles. The van der Waals surface area contributed by atoms with E-state index in [4.69, 9.17) is 4.98 Å². The van der Waals surface area contributed by atoms with Gasteiger partial charge >= 0.3 is 0 Å². The number of hydrogen-bond acceptors (Lipinski definition) is 8. The molecule has 0 bridgehead atoms. The van der Waals surface area contributed by atoms with Crippen molar-refractivity contribution >= 4 is 28.1 Å². The standard InChI is InChI=1S/C18H21N7S/c1-2-17-23-24-18(26-17)22-15-5-3-4-14(21-15)13-6-10-25(11-7-13)16-12-19-8-9-20-16/h3-5,8-9,12-13H,2,6-7,10-11H2,1H3,(H,21,22,24). The van der Waals surface area contributed by atoms with E-state index in [2.05, 4.69) is 49.4 Å². The molecule has 134 valence electrons. The first-order valence-electron chi connectivity index (χ1n) is 8.89. The number of hydrogen-bond donors (Lipinski definition) is 1. The van der Waals surface area contributed by atoms with Crippen LogP contribution >= 0.6 is 11.3 Å². The smallest absolute Gasteiger partial charge is 0.211 e. The van der Waals surface area contributed by atoms with Crippen molar-refractivity contribution in [3.05, 3.63) is 47.5 Å². The van der Waals surface area contributed by atoms with Crippen LogP contribution in [-0.2, 0) is 6.42 Å². The molecule has 7 nitrogen and oxygen atoms in total. The van der Waals surface area contributed by atoms with Gasteiger partial charge in [0.05, 0.1) is 6.20 Å². The van der Waals surface area contributed by atoms with Crippen LogP contribution in [0.3, 0.4) is 0 Å². The molecule has 1 fully saturated rings. The molecule has 0 atom stereocenters. The highest BCUT2D eigenvalue weighted by Gasteiger charge is 2.22. The minimum absolute atomic E-state index is 0.463. The van der Waals surface area contributed by atoms with E-state index in [0.717, 1.165) is 59.8 Å². The third-order valence-corrected chi connectivity index (χ3v) is 5.54. The van der Waals surface area contributed by atoms with E-state index in [1.165, 1.54) is 0 Å². The highest BCUT2D eigenvalue weighted by Crippen LogP contribution is 2.29. The number of aromatic nitrogens is 5. The summed E-state index contributed by atoms with van der Waals surface area (Å²) in [5.74, 6) is 2.25. The van der Waals surface area contributed by atoms with Crippen molar-refractivity contribution in [3.8, 4) is 0 Å². The van der Waals surface area contributed by atoms with Gasteiger partial charge in [-0.2, -0.15) is 0 Å². The van der Waals surface area contributed by atoms with Gasteiger partial charge in [0.25, 0.3) is 0 Å². The Morgan fingerprint density at radius 1 is 1.19 bits per heavy atom. The minimum atomic E-state index is 0.463. The van der Waals surface area contributed by atoms with Crippen molar-refractivity contribution in [2.45, 2.75) is 32.1 Å². The van der Waals surface area contributed by atoms with Crippen molar-refractivity contribution in [2.24, 2.45) is 0 Å². The van der Waals surface area contributed by atoms with Gasteiger partial charge in [0.2, 0.25) is 5.13 Å². The zero-order valence-corrected chi connectivity index (χ0v) is 15.5. The predicted octanol–water partition coefficient (Wildman–Crippen LogP) is 3.41. The maximum absolute atomic E-state index is 4.81. The number of anilines is 3. The van der Waals surface area contributed by atoms with E-state index in [1.807, 2.05) is 12.3 Å². The molecule has 0 aromatic carbocycles. The highest BCUT2D eigenvalue weighted by atomic mass is 32.1. The lowest BCUT2D eigenvalue weighted by Gasteiger charge is -2.32. The summed E-state index contributed by atoms with van der Waals surface area (Å²) in [6, 6.07) is 6.15. The van der Waals surface area contributed by atoms with E-state index in [1.54, 1.807) is 23.7 Å². The van der Waals surface area contributed by atoms with Crippen molar-refractivity contribution < 1.29 is 0 Å². The molecule has 0 aliphatic carbocycles. The molecule has 0 amide bonds. The molecule has 0 unspecified atom stereocenters. The van der Waals surface area contributed by atoms with Gasteiger partial charge < -0.3 is 10.2 Å². The van der Waals surface area contributed by atoms with Crippen LogP contribution in [0.5, 0.6) is 0 Å². The number of pyridine rings is 1. The van der Waals surface area contributed by atoms with Gasteiger partial charge in [0.1, 0.15) is 16.6 Å². The topological polar surface area (TPSA) is 79.7 Å². The Labute approximate surface area is 156 Å². The third-order valence-electron chi connectivity index (χ3n) is 4.56. The Hall–Kier alpha value is -2.61. The molecule has 26 heavy (non-hydrogen) atoms. The number of rotatable bonds is 5. The average molecular weight is 367 g/mol. The summed E-state index contributed by atoms with van der Waals surface area (Å²) >= 11 is 1.57. The van der Waals surface area contributed by atoms with Gasteiger partial charge in [-0.05, 0) is 31.4 Å². The second kappa shape index (κ2) is 7.74. The normalized spacial score (nSPS) is 15.2. The van der Waals surface area contributed by atoms with Crippen LogP contribution in [0.2, 0.25) is 0 Å². The molecule has 0 radical (unpaired) electrons. The van der Waals surface area contributed by atoms with Crippen molar-refractivity contribution in [1.82, 2.24) is 25.1 Å². The van der Waals surface area contributed by atoms with Gasteiger partial charge in [0, 0.05) is 37.1 Å². The molecule has 3 aromatic heterocycles. The fraction of sp³-hybridized carbons (Fsp3) is 0.389. The molecule has 4 rings (SSSR count). The van der Waals surface area contributed by atoms with Crippen LogP contribution in [0.15, 0.2) is 36.8 Å². The van der Waals surface area contributed by atoms with Crippen LogP contribution in [0.25, 0.3) is 0 Å². The summed E-state index contributed by atoms with van der Waals surface area (Å²) in [4.78, 5) is 15.7. The molecule has 1 aliphatic rings. The van der Waals surface area contributed by atoms with Gasteiger partial charge in [0.15, 0.2) is 0 Å². The van der Waals surface area contributed by atoms with E-state index in [-0.39, 0.29) is 0 Å². The molecular formula is C18H21N7S. The largest absolute Gasteiger partial charge is 0.355 e. The molecule has 0 spiro atoms. The van der Waals surface area contributed by atoms with Crippen LogP contribution in [0, 0.1) is 0 Å². The van der Waals surface area contributed by atoms with Crippen LogP contribution in [-0.4, -0.2) is 38.2 Å². The summed E-state index contributed by atoms with van der Waals surface area (Å²) in [5.41, 5.74) is 1.13. The van der Waals surface area contributed by atoms with E-state index < -0.39 is 0 Å². The Kier molecular flexibility index (Phi) is 5.01. The summed E-state index contributed by atoms with van der Waals surface area (Å²) in [7, 11) is 0. The lowest BCUT2D eigenvalue weighted by molar-refractivity contribution is 0.494. The maximum Gasteiger partial charge on any atom is 0.211 e. The van der Waals surface area contributed by atoms with Crippen LogP contribution in [0.1, 0.15) is 36.4 Å². The van der Waals surface area contributed by atoms with E-state index in [0.29, 0.717) is 5.92 Å². The Morgan fingerprint density at radius 3 is 2.81 bits per heavy atom. The van der Waals surface area contributed by atoms with Crippen molar-refractivity contribution in [3.63, 3.8) is 0 Å². The lowest BCUT2D eigenvalue weighted by Crippen LogP contribution is -2.33. The monoisotopic (exact) mass is 367 g/mol. The summed E-state index contributed by atoms with van der Waals surface area (Å²) in [5, 5.41) is 13.4. The van der Waals surface area contributed by atoms with Crippen LogP contribution < -0.4 is 10.2 Å². The summed E-state index contributed by atoms with van der Waals surface area (Å²) < 4.78 is 0. The van der Waals surface area contributed by atoms with Gasteiger partial charge in [-0.15, -0.1) is 10.2 Å². The molecule has 0 saturated carbocycles. The Bertz CT molecular complexity index is 844. The number of aryl methyl sites for hydroxylation is 1. The second-order valence-electron chi connectivity index (χ2n) is 6.25. The van der Waals surface area contributed by atoms with Crippen molar-refractivity contribution in [1.29, 1.82) is 0 Å². The van der Waals surface area contributed by atoms with Crippen LogP contribution in [0.4, 0.5) is 16.8 Å². The van der Waals surface area contributed by atoms with Crippen molar-refractivity contribution in [2.75, 3.05) is 23.3 Å². The highest BCUT2D eigenvalue weighted by molar-refractivity contribution is 7.15. The molecular weight excluding hydrogens is 346 g/mol. The first kappa shape index (κ1) is 16.8. The van der Waals surface area contributed by atoms with E-state index >= 15 is 0 Å². The molecule has 8 heteroatoms. The number of piperidine rings is 1. The number of nitrogens with zero attached hydrogens (tertiary/aromatic N) is 6. The first-order chi connectivity index (χ1) is 12.8. The van der Waals surface area contributed by atoms with E-state index in [9.17, 15) is 0 Å². The summed E-state index contributed by atoms with van der Waals surface area (Å²) in [6.45, 7) is 4.02. The Balaban J connectivity index is 1.41. The molecule has 1 N–H and O–H groups in total.